The molecule has 0 radical (unpaired) electrons. The first-order valence-corrected chi connectivity index (χ1v) is 13.9. The molecule has 0 bridgehead atoms. The van der Waals surface area contributed by atoms with Crippen LogP contribution in [0.5, 0.6) is 17.2 Å². The second-order valence-corrected chi connectivity index (χ2v) is 9.98. The molecule has 4 heterocycles. The molecule has 2 aliphatic heterocycles. The zero-order valence-electron chi connectivity index (χ0n) is 23.0. The van der Waals surface area contributed by atoms with Gasteiger partial charge in [0, 0.05) is 12.1 Å². The number of fused-ring (bicyclic) bond motifs is 3. The van der Waals surface area contributed by atoms with Crippen molar-refractivity contribution in [1.82, 2.24) is 24.6 Å². The van der Waals surface area contributed by atoms with Gasteiger partial charge in [0.2, 0.25) is 0 Å². The number of phenols is 1. The number of nitrogens with one attached hydrogen (secondary N) is 2. The van der Waals surface area contributed by atoms with E-state index in [2.05, 4.69) is 29.4 Å². The number of H-pyrrole nitrogens is 2. The highest BCUT2D eigenvalue weighted by Gasteiger charge is 2.43. The Labute approximate surface area is 238 Å². The summed E-state index contributed by atoms with van der Waals surface area (Å²) in [5, 5.41) is 14.4. The molecule has 0 saturated carbocycles. The van der Waals surface area contributed by atoms with Crippen LogP contribution in [0.3, 0.4) is 0 Å². The van der Waals surface area contributed by atoms with Gasteiger partial charge < -0.3 is 24.5 Å². The van der Waals surface area contributed by atoms with Crippen molar-refractivity contribution in [3.8, 4) is 39.6 Å². The minimum Gasteiger partial charge on any atom is -0.506 e. The number of ether oxygens (including phenoxy) is 2. The van der Waals surface area contributed by atoms with Crippen molar-refractivity contribution in [3.05, 3.63) is 69.2 Å². The van der Waals surface area contributed by atoms with Gasteiger partial charge in [0.1, 0.15) is 17.0 Å². The van der Waals surface area contributed by atoms with Crippen molar-refractivity contribution in [3.63, 3.8) is 0 Å². The van der Waals surface area contributed by atoms with Crippen molar-refractivity contribution in [2.45, 2.75) is 39.5 Å². The van der Waals surface area contributed by atoms with Crippen LogP contribution in [0.25, 0.3) is 44.3 Å². The Kier molecular flexibility index (Phi) is 6.93. The van der Waals surface area contributed by atoms with E-state index in [0.717, 1.165) is 32.5 Å². The third-order valence-corrected chi connectivity index (χ3v) is 7.39. The summed E-state index contributed by atoms with van der Waals surface area (Å²) in [6.45, 7) is 7.28. The van der Waals surface area contributed by atoms with E-state index < -0.39 is 11.9 Å². The maximum atomic E-state index is 13.4. The number of phenolic OH excluding ortho intramolecular Hbond substituents is 1. The molecule has 42 heavy (non-hydrogen) atoms. The lowest BCUT2D eigenvalue weighted by Gasteiger charge is -2.13. The molecule has 3 aromatic carbocycles. The highest BCUT2D eigenvalue weighted by molar-refractivity contribution is 5.94. The number of hydrogen-bond acceptors (Lipinski definition) is 7. The van der Waals surface area contributed by atoms with E-state index in [-0.39, 0.29) is 39.5 Å². The molecule has 0 spiro atoms. The molecule has 2 aromatic heterocycles. The standard InChI is InChI=1S/C28H23F2N5O5.C2H6/c29-28(30)39-21-7-6-15(14-22(21)40-28)16-12-19-25(20(36)13-16)32-24(26(37)31-19)17-4-3-5-18-23(17)33-35(27(18)38)11-10-34-8-1-2-9-34;1-2/h3-7,12-14,33,36H,1-2,8-11H2,(H,31,37);1-2H3. The summed E-state index contributed by atoms with van der Waals surface area (Å²) in [5.41, 5.74) is 1.54. The quantitative estimate of drug-likeness (QED) is 0.267. The first-order valence-electron chi connectivity index (χ1n) is 13.9. The molecule has 0 unspecified atom stereocenters. The summed E-state index contributed by atoms with van der Waals surface area (Å²) in [6.07, 6.45) is -1.43. The van der Waals surface area contributed by atoms with E-state index >= 15 is 0 Å². The smallest absolute Gasteiger partial charge is 0.506 e. The van der Waals surface area contributed by atoms with Crippen LogP contribution >= 0.6 is 0 Å². The number of hydrogen-bond donors (Lipinski definition) is 3. The fraction of sp³-hybridized carbons (Fsp3) is 0.300. The van der Waals surface area contributed by atoms with E-state index in [9.17, 15) is 23.5 Å². The Bertz CT molecular complexity index is 1920. The fourth-order valence-electron chi connectivity index (χ4n) is 5.44. The van der Waals surface area contributed by atoms with Crippen LogP contribution in [0, 0.1) is 0 Å². The first kappa shape index (κ1) is 27.5. The van der Waals surface area contributed by atoms with Gasteiger partial charge in [0.05, 0.1) is 23.0 Å². The SMILES string of the molecule is CC.O=c1[nH]c2cc(-c3ccc4c(c3)OC(F)(F)O4)cc(O)c2nc1-c1cccc2c(=O)n(CCN3CCCC3)[nH]c12. The van der Waals surface area contributed by atoms with E-state index in [4.69, 9.17) is 0 Å². The lowest BCUT2D eigenvalue weighted by Crippen LogP contribution is -2.28. The number of aromatic nitrogens is 4. The first-order chi connectivity index (χ1) is 20.3. The van der Waals surface area contributed by atoms with E-state index in [1.54, 1.807) is 28.9 Å². The number of rotatable bonds is 5. The van der Waals surface area contributed by atoms with Gasteiger partial charge in [-0.1, -0.05) is 32.0 Å². The molecule has 12 heteroatoms. The Morgan fingerprint density at radius 3 is 2.52 bits per heavy atom. The second-order valence-electron chi connectivity index (χ2n) is 9.98. The van der Waals surface area contributed by atoms with Gasteiger partial charge in [0.25, 0.3) is 11.1 Å². The lowest BCUT2D eigenvalue weighted by atomic mass is 10.0. The number of aromatic hydroxyl groups is 1. The molecular formula is C30H29F2N5O5. The number of nitrogens with zero attached hydrogens (tertiary/aromatic N) is 3. The molecule has 218 valence electrons. The fourth-order valence-corrected chi connectivity index (χ4v) is 5.44. The summed E-state index contributed by atoms with van der Waals surface area (Å²) >= 11 is 0. The van der Waals surface area contributed by atoms with Crippen molar-refractivity contribution in [1.29, 1.82) is 0 Å². The maximum absolute atomic E-state index is 13.4. The molecule has 3 N–H and O–H groups in total. The third kappa shape index (κ3) is 4.87. The van der Waals surface area contributed by atoms with Crippen molar-refractivity contribution >= 4 is 21.9 Å². The Morgan fingerprint density at radius 1 is 0.976 bits per heavy atom. The van der Waals surface area contributed by atoms with Crippen molar-refractivity contribution < 1.29 is 23.4 Å². The molecule has 7 rings (SSSR count). The van der Waals surface area contributed by atoms with E-state index in [0.29, 0.717) is 34.1 Å². The Morgan fingerprint density at radius 2 is 1.74 bits per heavy atom. The Balaban J connectivity index is 0.00000155. The average molecular weight is 578 g/mol. The summed E-state index contributed by atoms with van der Waals surface area (Å²) in [6, 6.07) is 12.3. The van der Waals surface area contributed by atoms with Gasteiger partial charge in [-0.3, -0.25) is 19.4 Å². The normalized spacial score (nSPS) is 15.7. The number of likely N-dealkylation sites (tertiary alicyclic amines) is 1. The van der Waals surface area contributed by atoms with E-state index in [1.165, 1.54) is 24.3 Å². The number of halogens is 2. The van der Waals surface area contributed by atoms with Crippen LogP contribution in [-0.2, 0) is 6.54 Å². The monoisotopic (exact) mass is 577 g/mol. The van der Waals surface area contributed by atoms with Crippen LogP contribution in [0.1, 0.15) is 26.7 Å². The topological polar surface area (TPSA) is 125 Å². The predicted molar refractivity (Wildman–Crippen MR) is 154 cm³/mol. The van der Waals surface area contributed by atoms with Crippen LogP contribution in [0.15, 0.2) is 58.1 Å². The molecule has 0 amide bonds. The number of alkyl halides is 2. The maximum Gasteiger partial charge on any atom is 0.586 e. The average Bonchev–Trinajstić information content (AvgIpc) is 3.69. The number of benzene rings is 3. The largest absolute Gasteiger partial charge is 0.586 e. The molecule has 0 atom stereocenters. The molecule has 1 fully saturated rings. The van der Waals surface area contributed by atoms with Crippen LogP contribution < -0.4 is 20.6 Å². The molecule has 0 aliphatic carbocycles. The van der Waals surface area contributed by atoms with Crippen molar-refractivity contribution in [2.24, 2.45) is 0 Å². The summed E-state index contributed by atoms with van der Waals surface area (Å²) in [7, 11) is 0. The van der Waals surface area contributed by atoms with Crippen molar-refractivity contribution in [2.75, 3.05) is 19.6 Å². The summed E-state index contributed by atoms with van der Waals surface area (Å²) in [4.78, 5) is 35.8. The molecule has 10 nitrogen and oxygen atoms in total. The van der Waals surface area contributed by atoms with Gasteiger partial charge in [0.15, 0.2) is 11.5 Å². The molecule has 2 aliphatic rings. The van der Waals surface area contributed by atoms with Gasteiger partial charge in [-0.05, 0) is 67.4 Å². The predicted octanol–water partition coefficient (Wildman–Crippen LogP) is 5.05. The molecular weight excluding hydrogens is 548 g/mol. The second kappa shape index (κ2) is 10.6. The minimum absolute atomic E-state index is 0.0411. The van der Waals surface area contributed by atoms with Crippen LogP contribution in [-0.4, -0.2) is 55.7 Å². The highest BCUT2D eigenvalue weighted by atomic mass is 19.3. The summed E-state index contributed by atoms with van der Waals surface area (Å²) < 4.78 is 37.4. The van der Waals surface area contributed by atoms with Gasteiger partial charge in [-0.25, -0.2) is 4.98 Å². The summed E-state index contributed by atoms with van der Waals surface area (Å²) in [5.74, 6) is -0.467. The van der Waals surface area contributed by atoms with Crippen LogP contribution in [0.4, 0.5) is 8.78 Å². The van der Waals surface area contributed by atoms with E-state index in [1.807, 2.05) is 13.8 Å². The lowest BCUT2D eigenvalue weighted by molar-refractivity contribution is -0.286. The number of para-hydroxylation sites is 1. The highest BCUT2D eigenvalue weighted by Crippen LogP contribution is 2.43. The third-order valence-electron chi connectivity index (χ3n) is 7.39. The molecule has 1 saturated heterocycles. The number of aromatic amines is 2. The van der Waals surface area contributed by atoms with Gasteiger partial charge >= 0.3 is 6.29 Å². The zero-order valence-corrected chi connectivity index (χ0v) is 23.0. The Hall–Kier alpha value is -4.71. The molecule has 5 aromatic rings. The zero-order chi connectivity index (χ0) is 29.6. The minimum atomic E-state index is -3.75. The van der Waals surface area contributed by atoms with Gasteiger partial charge in [-0.15, -0.1) is 8.78 Å². The van der Waals surface area contributed by atoms with Gasteiger partial charge in [-0.2, -0.15) is 0 Å². The van der Waals surface area contributed by atoms with Crippen LogP contribution in [0.2, 0.25) is 0 Å².